The van der Waals surface area contributed by atoms with Gasteiger partial charge in [0.05, 0.1) is 13.2 Å². The predicted octanol–water partition coefficient (Wildman–Crippen LogP) is 12.6. The molecule has 0 amide bonds. The number of aliphatic hydroxyl groups is 5. The molecule has 12 nitrogen and oxygen atoms in total. The highest BCUT2D eigenvalue weighted by Gasteiger charge is 2.51. The van der Waals surface area contributed by atoms with Gasteiger partial charge in [-0.15, -0.1) is 0 Å². The van der Waals surface area contributed by atoms with E-state index in [1.807, 2.05) is 0 Å². The van der Waals surface area contributed by atoms with Gasteiger partial charge in [0.25, 0.3) is 0 Å². The Kier molecular flexibility index (Phi) is 42.2. The first-order valence-corrected chi connectivity index (χ1v) is 28.8. The van der Waals surface area contributed by atoms with Crippen LogP contribution >= 0.6 is 7.82 Å². The summed E-state index contributed by atoms with van der Waals surface area (Å²) in [6, 6.07) is 0. The highest BCUT2D eigenvalue weighted by Crippen LogP contribution is 2.47. The van der Waals surface area contributed by atoms with Crippen molar-refractivity contribution in [3.63, 3.8) is 0 Å². The van der Waals surface area contributed by atoms with Crippen molar-refractivity contribution >= 4 is 13.8 Å². The molecule has 6 N–H and O–H groups in total. The Balaban J connectivity index is 2.31. The van der Waals surface area contributed by atoms with Gasteiger partial charge in [0.1, 0.15) is 42.7 Å². The van der Waals surface area contributed by atoms with Gasteiger partial charge in [-0.3, -0.25) is 13.8 Å². The van der Waals surface area contributed by atoms with E-state index in [-0.39, 0.29) is 13.0 Å². The second kappa shape index (κ2) is 44.5. The molecule has 0 aliphatic heterocycles. The number of phosphoric acid groups is 1. The van der Waals surface area contributed by atoms with Gasteiger partial charge in [-0.25, -0.2) is 4.57 Å². The topological polar surface area (TPSA) is 192 Å². The fourth-order valence-electron chi connectivity index (χ4n) is 8.42. The first-order chi connectivity index (χ1) is 32.5. The molecule has 0 aromatic rings. The molecule has 0 spiro atoms. The molecule has 1 fully saturated rings. The summed E-state index contributed by atoms with van der Waals surface area (Å²) in [6.45, 7) is 4.26. The minimum Gasteiger partial charge on any atom is -0.457 e. The van der Waals surface area contributed by atoms with Crippen molar-refractivity contribution in [3.8, 4) is 0 Å². The summed E-state index contributed by atoms with van der Waals surface area (Å²) < 4.78 is 34.3. The number of hydrogen-bond acceptors (Lipinski definition) is 11. The van der Waals surface area contributed by atoms with Crippen LogP contribution < -0.4 is 0 Å². The Labute approximate surface area is 408 Å². The highest BCUT2D eigenvalue weighted by molar-refractivity contribution is 7.47. The number of hydrogen-bond donors (Lipinski definition) is 6. The van der Waals surface area contributed by atoms with Crippen LogP contribution in [0.15, 0.2) is 36.5 Å². The molecule has 1 aliphatic carbocycles. The van der Waals surface area contributed by atoms with E-state index in [4.69, 9.17) is 18.5 Å². The molecule has 6 atom stereocenters. The third-order valence-corrected chi connectivity index (χ3v) is 13.8. The Hall–Kier alpha value is -1.44. The first-order valence-electron chi connectivity index (χ1n) is 27.3. The van der Waals surface area contributed by atoms with Crippen molar-refractivity contribution in [2.75, 3.05) is 19.8 Å². The molecular formula is C54H101O12P. The van der Waals surface area contributed by atoms with Crippen LogP contribution in [0, 0.1) is 0 Å². The van der Waals surface area contributed by atoms with Gasteiger partial charge in [-0.1, -0.05) is 217 Å². The molecule has 0 bridgehead atoms. The van der Waals surface area contributed by atoms with Gasteiger partial charge >= 0.3 is 13.8 Å². The standard InChI is InChI=1S/C54H101O12P/c1-3-5-7-9-11-13-15-17-19-21-23-24-26-28-30-32-34-36-38-40-42-44-63-45-47(46-64-67(61,62)66-54-52(59)50(57)49(56)51(58)53(54)60)65-48(55)43-41-39-37-35-33-31-29-27-25-22-20-18-16-14-12-10-8-6-4-2/h12,14,18,20,25,27,47,49-54,56-60H,3-11,13,15-17,19,21-24,26,28-46H2,1-2H3,(H,61,62)/b14-12-,20-18-,27-25-. The van der Waals surface area contributed by atoms with Crippen LogP contribution in [0.4, 0.5) is 0 Å². The lowest BCUT2D eigenvalue weighted by atomic mass is 9.85. The summed E-state index contributed by atoms with van der Waals surface area (Å²) in [6.07, 6.45) is 42.1. The van der Waals surface area contributed by atoms with Crippen LogP contribution in [-0.2, 0) is 27.9 Å². The molecule has 394 valence electrons. The fourth-order valence-corrected chi connectivity index (χ4v) is 9.40. The Morgan fingerprint density at radius 3 is 1.30 bits per heavy atom. The number of carbonyl (C=O) groups excluding carboxylic acids is 1. The van der Waals surface area contributed by atoms with Gasteiger partial charge in [-0.2, -0.15) is 0 Å². The number of allylic oxidation sites excluding steroid dienone is 6. The van der Waals surface area contributed by atoms with E-state index in [9.17, 15) is 39.8 Å². The first kappa shape index (κ1) is 63.6. The zero-order chi connectivity index (χ0) is 49.1. The van der Waals surface area contributed by atoms with E-state index in [1.54, 1.807) is 0 Å². The van der Waals surface area contributed by atoms with Crippen LogP contribution in [0.2, 0.25) is 0 Å². The lowest BCUT2D eigenvalue weighted by Crippen LogP contribution is -2.64. The van der Waals surface area contributed by atoms with Crippen LogP contribution in [0.1, 0.15) is 239 Å². The highest BCUT2D eigenvalue weighted by atomic mass is 31.2. The third kappa shape index (κ3) is 36.2. The number of unbranched alkanes of at least 4 members (excludes halogenated alkanes) is 29. The van der Waals surface area contributed by atoms with Crippen LogP contribution in [0.3, 0.4) is 0 Å². The average molecular weight is 973 g/mol. The van der Waals surface area contributed by atoms with Crippen molar-refractivity contribution in [2.45, 2.75) is 281 Å². The smallest absolute Gasteiger partial charge is 0.457 e. The molecule has 0 saturated heterocycles. The van der Waals surface area contributed by atoms with Gasteiger partial charge < -0.3 is 39.9 Å². The van der Waals surface area contributed by atoms with Gasteiger partial charge in [-0.05, 0) is 51.4 Å². The monoisotopic (exact) mass is 973 g/mol. The number of ether oxygens (including phenoxy) is 2. The Bertz CT molecular complexity index is 1250. The molecule has 1 saturated carbocycles. The SMILES string of the molecule is CCCCC/C=C\C/C=C\C/C=C\CCCCCCCCC(=O)OC(COCCCCCCCCCCCCCCCCCCCCCCC)COP(=O)(O)OC1C(O)C(O)C(O)C(O)C1O. The largest absolute Gasteiger partial charge is 0.472 e. The molecule has 0 aromatic heterocycles. The lowest BCUT2D eigenvalue weighted by molar-refractivity contribution is -0.220. The van der Waals surface area contributed by atoms with E-state index in [0.717, 1.165) is 70.6 Å². The van der Waals surface area contributed by atoms with E-state index in [2.05, 4.69) is 50.3 Å². The molecule has 0 radical (unpaired) electrons. The van der Waals surface area contributed by atoms with Crippen LogP contribution in [0.25, 0.3) is 0 Å². The molecule has 67 heavy (non-hydrogen) atoms. The predicted molar refractivity (Wildman–Crippen MR) is 272 cm³/mol. The lowest BCUT2D eigenvalue weighted by Gasteiger charge is -2.41. The van der Waals surface area contributed by atoms with Crippen LogP contribution in [-0.4, -0.2) is 98.9 Å². The summed E-state index contributed by atoms with van der Waals surface area (Å²) in [5.74, 6) is -0.486. The summed E-state index contributed by atoms with van der Waals surface area (Å²) in [5.41, 5.74) is 0. The normalized spacial score (nSPS) is 21.5. The maximum Gasteiger partial charge on any atom is 0.472 e. The average Bonchev–Trinajstić information content (AvgIpc) is 3.31. The van der Waals surface area contributed by atoms with Crippen molar-refractivity contribution in [1.29, 1.82) is 0 Å². The van der Waals surface area contributed by atoms with E-state index in [1.165, 1.54) is 141 Å². The number of rotatable bonds is 47. The number of phosphoric ester groups is 1. The second-order valence-corrected chi connectivity index (χ2v) is 20.5. The van der Waals surface area contributed by atoms with Gasteiger partial charge in [0, 0.05) is 13.0 Å². The van der Waals surface area contributed by atoms with Gasteiger partial charge in [0.2, 0.25) is 0 Å². The van der Waals surface area contributed by atoms with Gasteiger partial charge in [0.15, 0.2) is 0 Å². The van der Waals surface area contributed by atoms with E-state index < -0.39 is 63.1 Å². The summed E-state index contributed by atoms with van der Waals surface area (Å²) in [5, 5.41) is 50.4. The maximum atomic E-state index is 12.9. The second-order valence-electron chi connectivity index (χ2n) is 19.1. The molecular weight excluding hydrogens is 872 g/mol. The molecule has 6 unspecified atom stereocenters. The molecule has 1 aliphatic rings. The maximum absolute atomic E-state index is 12.9. The quantitative estimate of drug-likeness (QED) is 0.0147. The zero-order valence-electron chi connectivity index (χ0n) is 42.5. The summed E-state index contributed by atoms with van der Waals surface area (Å²) in [4.78, 5) is 23.3. The van der Waals surface area contributed by atoms with Crippen molar-refractivity contribution < 1.29 is 58.3 Å². The molecule has 1 rings (SSSR count). The number of esters is 1. The molecule has 0 aromatic carbocycles. The third-order valence-electron chi connectivity index (χ3n) is 12.8. The summed E-state index contributed by atoms with van der Waals surface area (Å²) in [7, 11) is -5.03. The van der Waals surface area contributed by atoms with Crippen LogP contribution in [0.5, 0.6) is 0 Å². The minimum atomic E-state index is -5.03. The fraction of sp³-hybridized carbons (Fsp3) is 0.870. The Morgan fingerprint density at radius 2 is 0.836 bits per heavy atom. The van der Waals surface area contributed by atoms with E-state index >= 15 is 0 Å². The minimum absolute atomic E-state index is 0.0789. The van der Waals surface area contributed by atoms with Crippen molar-refractivity contribution in [3.05, 3.63) is 36.5 Å². The van der Waals surface area contributed by atoms with Crippen molar-refractivity contribution in [1.82, 2.24) is 0 Å². The van der Waals surface area contributed by atoms with E-state index in [0.29, 0.717) is 13.0 Å². The molecule has 13 heteroatoms. The van der Waals surface area contributed by atoms with Crippen molar-refractivity contribution in [2.24, 2.45) is 0 Å². The summed E-state index contributed by atoms with van der Waals surface area (Å²) >= 11 is 0. The zero-order valence-corrected chi connectivity index (χ0v) is 43.4. The Morgan fingerprint density at radius 1 is 0.478 bits per heavy atom. The molecule has 0 heterocycles. The number of carbonyl (C=O) groups is 1. The number of aliphatic hydroxyl groups excluding tert-OH is 5.